The predicted octanol–water partition coefficient (Wildman–Crippen LogP) is 1.19. The van der Waals surface area contributed by atoms with E-state index in [2.05, 4.69) is 4.98 Å². The molecule has 2 N–H and O–H groups in total. The molecule has 84 valence electrons. The van der Waals surface area contributed by atoms with Crippen molar-refractivity contribution in [3.05, 3.63) is 30.1 Å². The fraction of sp³-hybridized carbons (Fsp3) is 0.200. The molecule has 0 bridgehead atoms. The molecular weight excluding hydrogens is 216 g/mol. The Morgan fingerprint density at radius 1 is 1.38 bits per heavy atom. The number of aryl methyl sites for hydroxylation is 1. The summed E-state index contributed by atoms with van der Waals surface area (Å²) >= 11 is 0. The standard InChI is InChI=1S/C10H9F2N3O/c11-6-3-8-9(4-7(6)12)15(5-14-8)2-1-10(13)16/h3-5H,1-2H2,(H2,13,16). The van der Waals surface area contributed by atoms with Crippen LogP contribution in [0.1, 0.15) is 6.42 Å². The summed E-state index contributed by atoms with van der Waals surface area (Å²) in [5.41, 5.74) is 5.80. The minimum atomic E-state index is -0.937. The van der Waals surface area contributed by atoms with Crippen LogP contribution in [0, 0.1) is 11.6 Å². The molecule has 0 radical (unpaired) electrons. The quantitative estimate of drug-likeness (QED) is 0.852. The zero-order chi connectivity index (χ0) is 11.7. The van der Waals surface area contributed by atoms with Crippen molar-refractivity contribution in [2.45, 2.75) is 13.0 Å². The van der Waals surface area contributed by atoms with Crippen LogP contribution in [0.2, 0.25) is 0 Å². The molecule has 0 aliphatic rings. The lowest BCUT2D eigenvalue weighted by molar-refractivity contribution is -0.118. The van der Waals surface area contributed by atoms with Gasteiger partial charge < -0.3 is 10.3 Å². The minimum Gasteiger partial charge on any atom is -0.370 e. The Hall–Kier alpha value is -1.98. The third-order valence-corrected chi connectivity index (χ3v) is 2.26. The van der Waals surface area contributed by atoms with Gasteiger partial charge in [-0.2, -0.15) is 0 Å². The largest absolute Gasteiger partial charge is 0.370 e. The summed E-state index contributed by atoms with van der Waals surface area (Å²) in [6.45, 7) is 0.302. The molecule has 0 saturated heterocycles. The van der Waals surface area contributed by atoms with Crippen molar-refractivity contribution >= 4 is 16.9 Å². The van der Waals surface area contributed by atoms with Crippen molar-refractivity contribution in [2.75, 3.05) is 0 Å². The number of fused-ring (bicyclic) bond motifs is 1. The molecule has 0 aliphatic heterocycles. The predicted molar refractivity (Wildman–Crippen MR) is 53.5 cm³/mol. The molecule has 1 aromatic carbocycles. The lowest BCUT2D eigenvalue weighted by Gasteiger charge is -2.02. The molecule has 0 spiro atoms. The highest BCUT2D eigenvalue weighted by molar-refractivity contribution is 5.76. The van der Waals surface area contributed by atoms with E-state index in [1.807, 2.05) is 0 Å². The van der Waals surface area contributed by atoms with Crippen LogP contribution in [0.15, 0.2) is 18.5 Å². The van der Waals surface area contributed by atoms with Crippen LogP contribution in [-0.4, -0.2) is 15.5 Å². The highest BCUT2D eigenvalue weighted by Crippen LogP contribution is 2.17. The first-order valence-electron chi connectivity index (χ1n) is 4.66. The molecule has 2 aromatic rings. The molecule has 1 heterocycles. The molecule has 2 rings (SSSR count). The van der Waals surface area contributed by atoms with E-state index < -0.39 is 17.5 Å². The summed E-state index contributed by atoms with van der Waals surface area (Å²) in [5.74, 6) is -2.33. The molecule has 0 fully saturated rings. The van der Waals surface area contributed by atoms with E-state index in [0.717, 1.165) is 12.1 Å². The van der Waals surface area contributed by atoms with E-state index in [0.29, 0.717) is 17.6 Å². The summed E-state index contributed by atoms with van der Waals surface area (Å²) in [6, 6.07) is 2.07. The minimum absolute atomic E-state index is 0.129. The van der Waals surface area contributed by atoms with E-state index in [9.17, 15) is 13.6 Å². The van der Waals surface area contributed by atoms with Crippen molar-refractivity contribution in [3.8, 4) is 0 Å². The number of amides is 1. The number of aromatic nitrogens is 2. The Kier molecular flexibility index (Phi) is 2.55. The van der Waals surface area contributed by atoms with Gasteiger partial charge in [0.25, 0.3) is 0 Å². The van der Waals surface area contributed by atoms with Gasteiger partial charge in [0.15, 0.2) is 11.6 Å². The number of carbonyl (C=O) groups excluding carboxylic acids is 1. The highest BCUT2D eigenvalue weighted by Gasteiger charge is 2.09. The number of rotatable bonds is 3. The first kappa shape index (κ1) is 10.5. The van der Waals surface area contributed by atoms with Gasteiger partial charge in [-0.05, 0) is 0 Å². The summed E-state index contributed by atoms with van der Waals surface area (Å²) in [7, 11) is 0. The molecule has 16 heavy (non-hydrogen) atoms. The lowest BCUT2D eigenvalue weighted by Crippen LogP contribution is -2.13. The van der Waals surface area contributed by atoms with Crippen molar-refractivity contribution in [2.24, 2.45) is 5.73 Å². The number of nitrogens with two attached hydrogens (primary N) is 1. The summed E-state index contributed by atoms with van der Waals surface area (Å²) in [6.07, 6.45) is 1.55. The average molecular weight is 225 g/mol. The fourth-order valence-electron chi connectivity index (χ4n) is 1.46. The van der Waals surface area contributed by atoms with Crippen LogP contribution in [-0.2, 0) is 11.3 Å². The number of benzene rings is 1. The topological polar surface area (TPSA) is 60.9 Å². The number of imidazole rings is 1. The number of carbonyl (C=O) groups is 1. The monoisotopic (exact) mass is 225 g/mol. The normalized spacial score (nSPS) is 10.9. The Bertz CT molecular complexity index is 550. The Morgan fingerprint density at radius 2 is 2.06 bits per heavy atom. The zero-order valence-electron chi connectivity index (χ0n) is 8.28. The summed E-state index contributed by atoms with van der Waals surface area (Å²) in [4.78, 5) is 14.5. The number of primary amides is 1. The van der Waals surface area contributed by atoms with Gasteiger partial charge in [0.2, 0.25) is 5.91 Å². The van der Waals surface area contributed by atoms with Crippen LogP contribution in [0.3, 0.4) is 0 Å². The van der Waals surface area contributed by atoms with Gasteiger partial charge in [0.1, 0.15) is 0 Å². The summed E-state index contributed by atoms with van der Waals surface area (Å²) in [5, 5.41) is 0. The van der Waals surface area contributed by atoms with Crippen LogP contribution in [0.5, 0.6) is 0 Å². The highest BCUT2D eigenvalue weighted by atomic mass is 19.2. The van der Waals surface area contributed by atoms with E-state index >= 15 is 0 Å². The third-order valence-electron chi connectivity index (χ3n) is 2.26. The van der Waals surface area contributed by atoms with Crippen LogP contribution in [0.25, 0.3) is 11.0 Å². The van der Waals surface area contributed by atoms with E-state index in [-0.39, 0.29) is 6.42 Å². The maximum Gasteiger partial charge on any atom is 0.219 e. The SMILES string of the molecule is NC(=O)CCn1cnc2cc(F)c(F)cc21. The third kappa shape index (κ3) is 1.86. The summed E-state index contributed by atoms with van der Waals surface area (Å²) < 4.78 is 27.4. The molecule has 0 unspecified atom stereocenters. The molecule has 6 heteroatoms. The Morgan fingerprint density at radius 3 is 2.75 bits per heavy atom. The average Bonchev–Trinajstić information content (AvgIpc) is 2.58. The van der Waals surface area contributed by atoms with Crippen molar-refractivity contribution in [1.82, 2.24) is 9.55 Å². The number of halogens is 2. The van der Waals surface area contributed by atoms with Crippen molar-refractivity contribution in [1.29, 1.82) is 0 Å². The first-order valence-corrected chi connectivity index (χ1v) is 4.66. The van der Waals surface area contributed by atoms with Gasteiger partial charge in [-0.3, -0.25) is 4.79 Å². The zero-order valence-corrected chi connectivity index (χ0v) is 8.28. The van der Waals surface area contributed by atoms with E-state index in [4.69, 9.17) is 5.73 Å². The number of nitrogens with zero attached hydrogens (tertiary/aromatic N) is 2. The molecule has 4 nitrogen and oxygen atoms in total. The second-order valence-electron chi connectivity index (χ2n) is 3.41. The first-order chi connectivity index (χ1) is 7.58. The van der Waals surface area contributed by atoms with E-state index in [1.165, 1.54) is 6.33 Å². The van der Waals surface area contributed by atoms with Gasteiger partial charge in [0, 0.05) is 25.1 Å². The van der Waals surface area contributed by atoms with Gasteiger partial charge in [-0.25, -0.2) is 13.8 Å². The van der Waals surface area contributed by atoms with Crippen LogP contribution in [0.4, 0.5) is 8.78 Å². The molecule has 0 atom stereocenters. The fourth-order valence-corrected chi connectivity index (χ4v) is 1.46. The van der Waals surface area contributed by atoms with Crippen molar-refractivity contribution < 1.29 is 13.6 Å². The molecular formula is C10H9F2N3O. The maximum atomic E-state index is 13.0. The second-order valence-corrected chi connectivity index (χ2v) is 3.41. The molecule has 0 aliphatic carbocycles. The van der Waals surface area contributed by atoms with Crippen molar-refractivity contribution in [3.63, 3.8) is 0 Å². The van der Waals surface area contributed by atoms with Crippen LogP contribution < -0.4 is 5.73 Å². The van der Waals surface area contributed by atoms with Gasteiger partial charge in [0.05, 0.1) is 17.4 Å². The number of hydrogen-bond acceptors (Lipinski definition) is 2. The molecule has 1 aromatic heterocycles. The smallest absolute Gasteiger partial charge is 0.219 e. The Labute approximate surface area is 89.7 Å². The second kappa shape index (κ2) is 3.88. The van der Waals surface area contributed by atoms with Gasteiger partial charge in [-0.1, -0.05) is 0 Å². The Balaban J connectivity index is 2.40. The maximum absolute atomic E-state index is 13.0. The number of hydrogen-bond donors (Lipinski definition) is 1. The molecule has 1 amide bonds. The lowest BCUT2D eigenvalue weighted by atomic mass is 10.3. The van der Waals surface area contributed by atoms with Gasteiger partial charge >= 0.3 is 0 Å². The van der Waals surface area contributed by atoms with E-state index in [1.54, 1.807) is 4.57 Å². The molecule has 0 saturated carbocycles. The van der Waals surface area contributed by atoms with Gasteiger partial charge in [-0.15, -0.1) is 0 Å². The van der Waals surface area contributed by atoms with Crippen LogP contribution >= 0.6 is 0 Å².